The van der Waals surface area contributed by atoms with Gasteiger partial charge >= 0.3 is 5.97 Å². The number of benzene rings is 2. The molecule has 1 aliphatic rings. The lowest BCUT2D eigenvalue weighted by Gasteiger charge is -2.07. The van der Waals surface area contributed by atoms with Crippen LogP contribution in [-0.4, -0.2) is 11.8 Å². The van der Waals surface area contributed by atoms with Crippen molar-refractivity contribution in [3.63, 3.8) is 0 Å². The van der Waals surface area contributed by atoms with Gasteiger partial charge in [0.15, 0.2) is 5.76 Å². The fourth-order valence-electron chi connectivity index (χ4n) is 3.15. The zero-order valence-electron chi connectivity index (χ0n) is 15.5. The highest BCUT2D eigenvalue weighted by molar-refractivity contribution is 7.10. The molecule has 0 aliphatic carbocycles. The number of carbonyl (C=O) groups excluding carboxylic acids is 2. The Labute approximate surface area is 167 Å². The Morgan fingerprint density at radius 1 is 1.11 bits per heavy atom. The molecule has 3 aromatic rings. The van der Waals surface area contributed by atoms with Crippen molar-refractivity contribution in [1.82, 2.24) is 0 Å². The molecule has 28 heavy (non-hydrogen) atoms. The van der Waals surface area contributed by atoms with Crippen molar-refractivity contribution in [2.45, 2.75) is 20.3 Å². The standard InChI is InChI=1S/C23H18O4S/c1-14-6-3-4-7-16(14)11-20-23(25)22-15(2)10-17(12-19(22)27-20)26-21(24)13-18-8-5-9-28-18/h3-12H,13H2,1-2H3/b20-11-. The Morgan fingerprint density at radius 3 is 2.68 bits per heavy atom. The van der Waals surface area contributed by atoms with E-state index in [1.807, 2.05) is 55.6 Å². The summed E-state index contributed by atoms with van der Waals surface area (Å²) in [5, 5.41) is 1.92. The second kappa shape index (κ2) is 7.44. The van der Waals surface area contributed by atoms with Crippen molar-refractivity contribution in [2.75, 3.05) is 0 Å². The van der Waals surface area contributed by atoms with E-state index in [-0.39, 0.29) is 23.9 Å². The summed E-state index contributed by atoms with van der Waals surface area (Å²) in [4.78, 5) is 25.9. The summed E-state index contributed by atoms with van der Waals surface area (Å²) in [5.41, 5.74) is 3.22. The number of Topliss-reactive ketones (excluding diaryl/α,β-unsaturated/α-hetero) is 1. The highest BCUT2D eigenvalue weighted by Crippen LogP contribution is 2.37. The van der Waals surface area contributed by atoms with Gasteiger partial charge in [-0.15, -0.1) is 11.3 Å². The van der Waals surface area contributed by atoms with E-state index in [1.54, 1.807) is 18.2 Å². The molecule has 1 aromatic heterocycles. The molecule has 1 aliphatic heterocycles. The van der Waals surface area contributed by atoms with E-state index >= 15 is 0 Å². The van der Waals surface area contributed by atoms with Crippen LogP contribution in [0, 0.1) is 13.8 Å². The second-order valence-corrected chi connectivity index (χ2v) is 7.67. The molecule has 0 spiro atoms. The number of hydrogen-bond donors (Lipinski definition) is 0. The fraction of sp³-hybridized carbons (Fsp3) is 0.130. The molecule has 140 valence electrons. The Hall–Kier alpha value is -3.18. The Morgan fingerprint density at radius 2 is 1.93 bits per heavy atom. The van der Waals surface area contributed by atoms with Gasteiger partial charge in [-0.25, -0.2) is 0 Å². The summed E-state index contributed by atoms with van der Waals surface area (Å²) in [6.07, 6.45) is 1.96. The van der Waals surface area contributed by atoms with Gasteiger partial charge in [0.1, 0.15) is 11.5 Å². The zero-order valence-corrected chi connectivity index (χ0v) is 16.3. The maximum Gasteiger partial charge on any atom is 0.316 e. The third kappa shape index (κ3) is 3.62. The molecule has 2 heterocycles. The Kier molecular flexibility index (Phi) is 4.84. The number of ketones is 1. The molecular weight excluding hydrogens is 372 g/mol. The fourth-order valence-corrected chi connectivity index (χ4v) is 3.84. The van der Waals surface area contributed by atoms with Crippen molar-refractivity contribution in [3.8, 4) is 11.5 Å². The Balaban J connectivity index is 1.58. The number of carbonyl (C=O) groups is 2. The van der Waals surface area contributed by atoms with Crippen molar-refractivity contribution in [2.24, 2.45) is 0 Å². The molecule has 0 atom stereocenters. The van der Waals surface area contributed by atoms with Crippen LogP contribution in [0.2, 0.25) is 0 Å². The topological polar surface area (TPSA) is 52.6 Å². The minimum Gasteiger partial charge on any atom is -0.452 e. The number of thiophene rings is 1. The maximum atomic E-state index is 12.8. The highest BCUT2D eigenvalue weighted by Gasteiger charge is 2.30. The quantitative estimate of drug-likeness (QED) is 0.352. The molecule has 5 heteroatoms. The van der Waals surface area contributed by atoms with Crippen LogP contribution < -0.4 is 9.47 Å². The van der Waals surface area contributed by atoms with E-state index < -0.39 is 0 Å². The summed E-state index contributed by atoms with van der Waals surface area (Å²) in [7, 11) is 0. The van der Waals surface area contributed by atoms with E-state index in [2.05, 4.69) is 0 Å². The summed E-state index contributed by atoms with van der Waals surface area (Å²) >= 11 is 1.51. The summed E-state index contributed by atoms with van der Waals surface area (Å²) in [6, 6.07) is 14.9. The minimum absolute atomic E-state index is 0.160. The predicted octanol–water partition coefficient (Wildman–Crippen LogP) is 5.13. The third-order valence-electron chi connectivity index (χ3n) is 4.55. The molecule has 4 rings (SSSR count). The van der Waals surface area contributed by atoms with Gasteiger partial charge in [-0.3, -0.25) is 9.59 Å². The molecule has 0 saturated heterocycles. The van der Waals surface area contributed by atoms with E-state index in [9.17, 15) is 9.59 Å². The monoisotopic (exact) mass is 390 g/mol. The minimum atomic E-state index is -0.346. The summed E-state index contributed by atoms with van der Waals surface area (Å²) < 4.78 is 11.3. The molecule has 0 saturated carbocycles. The van der Waals surface area contributed by atoms with Crippen LogP contribution in [-0.2, 0) is 11.2 Å². The molecule has 0 bridgehead atoms. The van der Waals surface area contributed by atoms with Crippen LogP contribution in [0.4, 0.5) is 0 Å². The van der Waals surface area contributed by atoms with Gasteiger partial charge in [-0.1, -0.05) is 30.3 Å². The van der Waals surface area contributed by atoms with Crippen molar-refractivity contribution in [1.29, 1.82) is 0 Å². The van der Waals surface area contributed by atoms with Crippen molar-refractivity contribution < 1.29 is 19.1 Å². The summed E-state index contributed by atoms with van der Waals surface area (Å²) in [5.74, 6) is 0.565. The lowest BCUT2D eigenvalue weighted by molar-refractivity contribution is -0.133. The summed E-state index contributed by atoms with van der Waals surface area (Å²) in [6.45, 7) is 3.79. The van der Waals surface area contributed by atoms with Crippen molar-refractivity contribution >= 4 is 29.2 Å². The third-order valence-corrected chi connectivity index (χ3v) is 5.43. The largest absolute Gasteiger partial charge is 0.452 e. The average molecular weight is 390 g/mol. The van der Waals surface area contributed by atoms with Crippen molar-refractivity contribution in [3.05, 3.63) is 86.8 Å². The van der Waals surface area contributed by atoms with Crippen LogP contribution in [0.15, 0.2) is 59.7 Å². The first-order valence-corrected chi connectivity index (χ1v) is 9.77. The van der Waals surface area contributed by atoms with E-state index in [0.717, 1.165) is 21.6 Å². The number of fused-ring (bicyclic) bond motifs is 1. The lowest BCUT2D eigenvalue weighted by Crippen LogP contribution is -2.10. The predicted molar refractivity (Wildman–Crippen MR) is 109 cm³/mol. The molecular formula is C23H18O4S. The molecule has 0 amide bonds. The van der Waals surface area contributed by atoms with Gasteiger partial charge < -0.3 is 9.47 Å². The number of rotatable bonds is 4. The lowest BCUT2D eigenvalue weighted by atomic mass is 10.0. The maximum absolute atomic E-state index is 12.8. The highest BCUT2D eigenvalue weighted by atomic mass is 32.1. The second-order valence-electron chi connectivity index (χ2n) is 6.64. The van der Waals surface area contributed by atoms with Gasteiger partial charge in [-0.2, -0.15) is 0 Å². The molecule has 0 radical (unpaired) electrons. The van der Waals surface area contributed by atoms with E-state index in [1.165, 1.54) is 11.3 Å². The van der Waals surface area contributed by atoms with Gasteiger partial charge in [-0.05, 0) is 54.1 Å². The normalized spacial score (nSPS) is 14.1. The first-order chi connectivity index (χ1) is 13.5. The first-order valence-electron chi connectivity index (χ1n) is 8.89. The van der Waals surface area contributed by atoms with E-state index in [4.69, 9.17) is 9.47 Å². The number of aryl methyl sites for hydroxylation is 2. The van der Waals surface area contributed by atoms with Crippen LogP contribution in [0.25, 0.3) is 6.08 Å². The number of hydrogen-bond acceptors (Lipinski definition) is 5. The number of esters is 1. The molecule has 4 nitrogen and oxygen atoms in total. The van der Waals surface area contributed by atoms with Gasteiger partial charge in [0.25, 0.3) is 0 Å². The van der Waals surface area contributed by atoms with Crippen LogP contribution in [0.1, 0.15) is 31.9 Å². The van der Waals surface area contributed by atoms with Gasteiger partial charge in [0, 0.05) is 10.9 Å². The average Bonchev–Trinajstić information content (AvgIpc) is 3.25. The van der Waals surface area contributed by atoms with Gasteiger partial charge in [0.2, 0.25) is 5.78 Å². The molecule has 2 aromatic carbocycles. The molecule has 0 N–H and O–H groups in total. The smallest absolute Gasteiger partial charge is 0.316 e. The first kappa shape index (κ1) is 18.2. The van der Waals surface area contributed by atoms with Crippen LogP contribution >= 0.6 is 11.3 Å². The number of ether oxygens (including phenoxy) is 2. The van der Waals surface area contributed by atoms with E-state index in [0.29, 0.717) is 17.1 Å². The Bertz CT molecular complexity index is 1090. The molecule has 0 unspecified atom stereocenters. The SMILES string of the molecule is Cc1ccccc1/C=C1\Oc2cc(OC(=O)Cc3cccs3)cc(C)c2C1=O. The van der Waals surface area contributed by atoms with Crippen LogP contribution in [0.3, 0.4) is 0 Å². The van der Waals surface area contributed by atoms with Gasteiger partial charge in [0.05, 0.1) is 12.0 Å². The van der Waals surface area contributed by atoms with Crippen LogP contribution in [0.5, 0.6) is 11.5 Å². The number of allylic oxidation sites excluding steroid dienone is 1. The zero-order chi connectivity index (χ0) is 19.7. The molecule has 0 fully saturated rings.